The third-order valence-corrected chi connectivity index (χ3v) is 5.83. The van der Waals surface area contributed by atoms with E-state index in [-0.39, 0.29) is 11.7 Å². The molecule has 1 aromatic heterocycles. The molecule has 4 aromatic rings. The zero-order chi connectivity index (χ0) is 20.9. The average Bonchev–Trinajstić information content (AvgIpc) is 3.14. The number of nitrogens with one attached hydrogen (secondary N) is 1. The Bertz CT molecular complexity index is 1160. The van der Waals surface area contributed by atoms with Crippen molar-refractivity contribution < 1.29 is 4.79 Å². The van der Waals surface area contributed by atoms with Crippen LogP contribution in [0.15, 0.2) is 84.0 Å². The Hall–Kier alpha value is -3.09. The number of carbonyl (C=O) groups excluding carboxylic acids is 1. The van der Waals surface area contributed by atoms with Crippen LogP contribution in [0.5, 0.6) is 0 Å². The van der Waals surface area contributed by atoms with Gasteiger partial charge in [0.05, 0.1) is 5.75 Å². The molecular formula is C23H19ClN4OS. The third-order valence-electron chi connectivity index (χ3n) is 4.56. The lowest BCUT2D eigenvalue weighted by Crippen LogP contribution is -2.15. The fourth-order valence-electron chi connectivity index (χ4n) is 3.07. The van der Waals surface area contributed by atoms with Gasteiger partial charge >= 0.3 is 0 Å². The van der Waals surface area contributed by atoms with Crippen molar-refractivity contribution in [3.8, 4) is 22.5 Å². The largest absolute Gasteiger partial charge is 0.325 e. The Balaban J connectivity index is 1.44. The number of amides is 1. The van der Waals surface area contributed by atoms with Crippen LogP contribution >= 0.6 is 23.4 Å². The molecule has 0 spiro atoms. The van der Waals surface area contributed by atoms with Crippen molar-refractivity contribution in [2.24, 2.45) is 7.05 Å². The van der Waals surface area contributed by atoms with Crippen LogP contribution in [0.1, 0.15) is 0 Å². The average molecular weight is 435 g/mol. The van der Waals surface area contributed by atoms with Crippen molar-refractivity contribution in [3.05, 3.63) is 83.9 Å². The summed E-state index contributed by atoms with van der Waals surface area (Å²) >= 11 is 7.30. The van der Waals surface area contributed by atoms with E-state index in [1.165, 1.54) is 11.8 Å². The van der Waals surface area contributed by atoms with Crippen molar-refractivity contribution >= 4 is 35.0 Å². The van der Waals surface area contributed by atoms with Crippen LogP contribution in [0.4, 0.5) is 5.69 Å². The van der Waals surface area contributed by atoms with Gasteiger partial charge in [0.1, 0.15) is 0 Å². The number of rotatable bonds is 6. The highest BCUT2D eigenvalue weighted by atomic mass is 35.5. The molecular weight excluding hydrogens is 416 g/mol. The first-order chi connectivity index (χ1) is 14.6. The number of thioether (sulfide) groups is 1. The third kappa shape index (κ3) is 4.56. The molecule has 0 aliphatic rings. The monoisotopic (exact) mass is 434 g/mol. The molecule has 3 aromatic carbocycles. The molecule has 150 valence electrons. The number of hydrogen-bond donors (Lipinski definition) is 1. The second-order valence-electron chi connectivity index (χ2n) is 6.62. The predicted molar refractivity (Wildman–Crippen MR) is 123 cm³/mol. The minimum absolute atomic E-state index is 0.0978. The topological polar surface area (TPSA) is 59.8 Å². The molecule has 0 aliphatic heterocycles. The summed E-state index contributed by atoms with van der Waals surface area (Å²) in [7, 11) is 1.88. The van der Waals surface area contributed by atoms with Crippen LogP contribution in [0.25, 0.3) is 22.5 Å². The minimum Gasteiger partial charge on any atom is -0.325 e. The molecule has 5 nitrogen and oxygen atoms in total. The molecule has 4 rings (SSSR count). The molecule has 0 saturated carbocycles. The van der Waals surface area contributed by atoms with Crippen molar-refractivity contribution in [3.63, 3.8) is 0 Å². The van der Waals surface area contributed by atoms with Gasteiger partial charge in [-0.25, -0.2) is 0 Å². The molecule has 0 unspecified atom stereocenters. The Morgan fingerprint density at radius 1 is 0.933 bits per heavy atom. The van der Waals surface area contributed by atoms with Crippen molar-refractivity contribution in [1.29, 1.82) is 0 Å². The van der Waals surface area contributed by atoms with E-state index in [9.17, 15) is 4.79 Å². The maximum absolute atomic E-state index is 12.6. The number of halogens is 1. The van der Waals surface area contributed by atoms with Gasteiger partial charge in [0.25, 0.3) is 0 Å². The van der Waals surface area contributed by atoms with Crippen molar-refractivity contribution in [1.82, 2.24) is 14.8 Å². The van der Waals surface area contributed by atoms with Gasteiger partial charge in [0.2, 0.25) is 5.91 Å². The number of aromatic nitrogens is 3. The second kappa shape index (κ2) is 9.15. The molecule has 0 atom stereocenters. The fraction of sp³-hybridized carbons (Fsp3) is 0.0870. The number of para-hydroxylation sites is 1. The van der Waals surface area contributed by atoms with Crippen LogP contribution in [0, 0.1) is 0 Å². The van der Waals surface area contributed by atoms with Crippen molar-refractivity contribution in [2.45, 2.75) is 5.16 Å². The first-order valence-corrected chi connectivity index (χ1v) is 10.7. The van der Waals surface area contributed by atoms with Crippen LogP contribution in [-0.4, -0.2) is 26.4 Å². The fourth-order valence-corrected chi connectivity index (χ4v) is 3.91. The molecule has 0 saturated heterocycles. The zero-order valence-corrected chi connectivity index (χ0v) is 17.8. The van der Waals surface area contributed by atoms with Gasteiger partial charge in [-0.2, -0.15) is 0 Å². The van der Waals surface area contributed by atoms with Gasteiger partial charge in [0, 0.05) is 28.9 Å². The number of hydrogen-bond acceptors (Lipinski definition) is 4. The van der Waals surface area contributed by atoms with E-state index < -0.39 is 0 Å². The molecule has 1 heterocycles. The van der Waals surface area contributed by atoms with E-state index in [1.807, 2.05) is 90.5 Å². The Morgan fingerprint density at radius 3 is 2.40 bits per heavy atom. The molecule has 0 fully saturated rings. The summed E-state index contributed by atoms with van der Waals surface area (Å²) in [6, 6.07) is 25.2. The number of nitrogens with zero attached hydrogens (tertiary/aromatic N) is 3. The Morgan fingerprint density at radius 2 is 1.63 bits per heavy atom. The quantitative estimate of drug-likeness (QED) is 0.405. The molecule has 7 heteroatoms. The summed E-state index contributed by atoms with van der Waals surface area (Å²) in [5, 5.41) is 12.8. The minimum atomic E-state index is -0.0978. The van der Waals surface area contributed by atoms with E-state index in [0.717, 1.165) is 28.2 Å². The van der Waals surface area contributed by atoms with Gasteiger partial charge in [0.15, 0.2) is 11.0 Å². The SMILES string of the molecule is Cn1c(SCC(=O)Nc2ccccc2-c2ccccc2)nnc1-c1ccc(Cl)cc1. The lowest BCUT2D eigenvalue weighted by Gasteiger charge is -2.11. The van der Waals surface area contributed by atoms with E-state index in [4.69, 9.17) is 11.6 Å². The van der Waals surface area contributed by atoms with Crippen LogP contribution in [-0.2, 0) is 11.8 Å². The number of carbonyl (C=O) groups is 1. The second-order valence-corrected chi connectivity index (χ2v) is 8.00. The Labute approximate surface area is 184 Å². The normalized spacial score (nSPS) is 10.7. The van der Waals surface area contributed by atoms with E-state index in [0.29, 0.717) is 10.2 Å². The lowest BCUT2D eigenvalue weighted by molar-refractivity contribution is -0.113. The maximum Gasteiger partial charge on any atom is 0.234 e. The summed E-state index contributed by atoms with van der Waals surface area (Å²) in [6.45, 7) is 0. The van der Waals surface area contributed by atoms with Gasteiger partial charge in [-0.3, -0.25) is 4.79 Å². The molecule has 1 amide bonds. The summed E-state index contributed by atoms with van der Waals surface area (Å²) in [4.78, 5) is 12.6. The lowest BCUT2D eigenvalue weighted by atomic mass is 10.0. The summed E-state index contributed by atoms with van der Waals surface area (Å²) < 4.78 is 1.87. The highest BCUT2D eigenvalue weighted by molar-refractivity contribution is 7.99. The Kier molecular flexibility index (Phi) is 6.16. The van der Waals surface area contributed by atoms with Crippen LogP contribution < -0.4 is 5.32 Å². The van der Waals surface area contributed by atoms with E-state index >= 15 is 0 Å². The predicted octanol–water partition coefficient (Wildman–Crippen LogP) is 5.53. The van der Waals surface area contributed by atoms with E-state index in [1.54, 1.807) is 0 Å². The molecule has 1 N–H and O–H groups in total. The summed E-state index contributed by atoms with van der Waals surface area (Å²) in [5.41, 5.74) is 3.75. The van der Waals surface area contributed by atoms with Crippen LogP contribution in [0.2, 0.25) is 5.02 Å². The molecule has 0 aliphatic carbocycles. The van der Waals surface area contributed by atoms with Gasteiger partial charge < -0.3 is 9.88 Å². The number of anilines is 1. The number of benzene rings is 3. The van der Waals surface area contributed by atoms with E-state index in [2.05, 4.69) is 15.5 Å². The van der Waals surface area contributed by atoms with Gasteiger partial charge in [-0.1, -0.05) is 71.9 Å². The molecule has 30 heavy (non-hydrogen) atoms. The highest BCUT2D eigenvalue weighted by Gasteiger charge is 2.14. The highest BCUT2D eigenvalue weighted by Crippen LogP contribution is 2.28. The van der Waals surface area contributed by atoms with Gasteiger partial charge in [-0.05, 0) is 35.9 Å². The molecule has 0 bridgehead atoms. The standard InChI is InChI=1S/C23H19ClN4OS/c1-28-22(17-11-13-18(24)14-12-17)26-27-23(28)30-15-21(29)25-20-10-6-5-9-19(20)16-7-3-2-4-8-16/h2-14H,15H2,1H3,(H,25,29). The molecule has 0 radical (unpaired) electrons. The van der Waals surface area contributed by atoms with Crippen molar-refractivity contribution in [2.75, 3.05) is 11.1 Å². The summed E-state index contributed by atoms with van der Waals surface area (Å²) in [6.07, 6.45) is 0. The first kappa shape index (κ1) is 20.2. The summed E-state index contributed by atoms with van der Waals surface area (Å²) in [5.74, 6) is 0.860. The van der Waals surface area contributed by atoms with Gasteiger partial charge in [-0.15, -0.1) is 10.2 Å². The smallest absolute Gasteiger partial charge is 0.234 e. The van der Waals surface area contributed by atoms with Crippen LogP contribution in [0.3, 0.4) is 0 Å². The zero-order valence-electron chi connectivity index (χ0n) is 16.2. The maximum atomic E-state index is 12.6. The first-order valence-electron chi connectivity index (χ1n) is 9.34.